The molecule has 0 amide bonds. The van der Waals surface area contributed by atoms with Gasteiger partial charge in [-0.1, -0.05) is 0 Å². The number of hydrogen-bond donors (Lipinski definition) is 2. The number of rotatable bonds is 3. The topological polar surface area (TPSA) is 70.4 Å². The monoisotopic (exact) mass is 241 g/mol. The van der Waals surface area contributed by atoms with E-state index in [2.05, 4.69) is 4.98 Å². The smallest absolute Gasteiger partial charge is 0.306 e. The summed E-state index contributed by atoms with van der Waals surface area (Å²) in [6.45, 7) is 1.74. The van der Waals surface area contributed by atoms with E-state index in [1.165, 1.54) is 11.3 Å². The molecular formula is C11H15NO3S. The van der Waals surface area contributed by atoms with Crippen molar-refractivity contribution in [2.75, 3.05) is 0 Å². The van der Waals surface area contributed by atoms with Crippen LogP contribution in [0.3, 0.4) is 0 Å². The molecule has 0 aromatic carbocycles. The molecule has 0 unspecified atom stereocenters. The second-order valence-electron chi connectivity index (χ2n) is 4.53. The summed E-state index contributed by atoms with van der Waals surface area (Å²) in [5.41, 5.74) is -0.988. The van der Waals surface area contributed by atoms with Crippen LogP contribution in [0.4, 0.5) is 0 Å². The van der Waals surface area contributed by atoms with E-state index in [9.17, 15) is 9.90 Å². The zero-order valence-corrected chi connectivity index (χ0v) is 9.91. The highest BCUT2D eigenvalue weighted by atomic mass is 32.1. The van der Waals surface area contributed by atoms with Crippen LogP contribution in [0.25, 0.3) is 0 Å². The minimum atomic E-state index is -0.988. The third kappa shape index (κ3) is 1.97. The number of carboxylic acid groups (broad SMARTS) is 1. The molecule has 1 aliphatic rings. The highest BCUT2D eigenvalue weighted by Crippen LogP contribution is 2.43. The van der Waals surface area contributed by atoms with Gasteiger partial charge < -0.3 is 10.2 Å². The molecule has 0 bridgehead atoms. The molecule has 0 radical (unpaired) electrons. The average Bonchev–Trinajstić information content (AvgIpc) is 2.90. The van der Waals surface area contributed by atoms with Crippen LogP contribution in [0, 0.1) is 11.8 Å². The van der Waals surface area contributed by atoms with Crippen molar-refractivity contribution in [2.45, 2.75) is 31.8 Å². The standard InChI is InChI=1S/C11H15NO3S/c1-11(15,10-12-4-5-16-10)8-3-2-7(6-8)9(13)14/h4-5,7-8,15H,2-3,6H2,1H3,(H,13,14)/t7-,8+,11-/m0/s1. The molecule has 1 aromatic heterocycles. The quantitative estimate of drug-likeness (QED) is 0.847. The Kier molecular flexibility index (Phi) is 2.99. The first-order chi connectivity index (χ1) is 7.51. The molecule has 2 N–H and O–H groups in total. The molecule has 0 saturated heterocycles. The Bertz CT molecular complexity index is 375. The number of carboxylic acids is 1. The summed E-state index contributed by atoms with van der Waals surface area (Å²) in [6.07, 6.45) is 3.62. The predicted molar refractivity (Wildman–Crippen MR) is 60.2 cm³/mol. The maximum atomic E-state index is 10.9. The van der Waals surface area contributed by atoms with Crippen molar-refractivity contribution in [3.63, 3.8) is 0 Å². The van der Waals surface area contributed by atoms with Crippen LogP contribution in [0.15, 0.2) is 11.6 Å². The maximum Gasteiger partial charge on any atom is 0.306 e. The van der Waals surface area contributed by atoms with Crippen molar-refractivity contribution in [2.24, 2.45) is 11.8 Å². The molecule has 0 spiro atoms. The Labute approximate surface area is 98.0 Å². The van der Waals surface area contributed by atoms with Crippen molar-refractivity contribution in [3.8, 4) is 0 Å². The fraction of sp³-hybridized carbons (Fsp3) is 0.636. The Balaban J connectivity index is 2.12. The van der Waals surface area contributed by atoms with Gasteiger partial charge in [-0.05, 0) is 32.1 Å². The van der Waals surface area contributed by atoms with Crippen LogP contribution in [0.1, 0.15) is 31.2 Å². The van der Waals surface area contributed by atoms with E-state index in [0.29, 0.717) is 17.8 Å². The number of carbonyl (C=O) groups is 1. The molecule has 16 heavy (non-hydrogen) atoms. The van der Waals surface area contributed by atoms with Crippen LogP contribution >= 0.6 is 11.3 Å². The van der Waals surface area contributed by atoms with Gasteiger partial charge in [0.1, 0.15) is 10.6 Å². The summed E-state index contributed by atoms with van der Waals surface area (Å²) < 4.78 is 0. The van der Waals surface area contributed by atoms with Gasteiger partial charge in [-0.25, -0.2) is 4.98 Å². The van der Waals surface area contributed by atoms with Crippen LogP contribution in [-0.4, -0.2) is 21.2 Å². The van der Waals surface area contributed by atoms with Gasteiger partial charge in [0.05, 0.1) is 5.92 Å². The normalized spacial score (nSPS) is 28.9. The average molecular weight is 241 g/mol. The third-order valence-electron chi connectivity index (χ3n) is 3.44. The second-order valence-corrected chi connectivity index (χ2v) is 5.42. The molecule has 3 atom stereocenters. The molecule has 1 heterocycles. The van der Waals surface area contributed by atoms with Crippen molar-refractivity contribution in [3.05, 3.63) is 16.6 Å². The summed E-state index contributed by atoms with van der Waals surface area (Å²) >= 11 is 1.42. The van der Waals surface area contributed by atoms with Gasteiger partial charge in [0, 0.05) is 11.6 Å². The summed E-state index contributed by atoms with van der Waals surface area (Å²) in [5, 5.41) is 21.9. The number of aliphatic hydroxyl groups is 1. The van der Waals surface area contributed by atoms with E-state index in [0.717, 1.165) is 6.42 Å². The van der Waals surface area contributed by atoms with Gasteiger partial charge in [-0.2, -0.15) is 0 Å². The lowest BCUT2D eigenvalue weighted by Crippen LogP contribution is -2.30. The van der Waals surface area contributed by atoms with E-state index in [1.807, 2.05) is 5.38 Å². The second kappa shape index (κ2) is 4.14. The molecule has 5 heteroatoms. The molecule has 1 fully saturated rings. The van der Waals surface area contributed by atoms with Crippen molar-refractivity contribution in [1.29, 1.82) is 0 Å². The zero-order valence-electron chi connectivity index (χ0n) is 9.09. The summed E-state index contributed by atoms with van der Waals surface area (Å²) in [6, 6.07) is 0. The lowest BCUT2D eigenvalue weighted by molar-refractivity contribution is -0.141. The predicted octanol–water partition coefficient (Wildman–Crippen LogP) is 1.85. The molecule has 2 rings (SSSR count). The van der Waals surface area contributed by atoms with Crippen molar-refractivity contribution >= 4 is 17.3 Å². The van der Waals surface area contributed by atoms with Gasteiger partial charge in [-0.3, -0.25) is 4.79 Å². The molecule has 1 aromatic rings. The van der Waals surface area contributed by atoms with E-state index in [4.69, 9.17) is 5.11 Å². The number of hydrogen-bond acceptors (Lipinski definition) is 4. The Morgan fingerprint density at radius 1 is 1.62 bits per heavy atom. The Hall–Kier alpha value is -0.940. The third-order valence-corrected chi connectivity index (χ3v) is 4.44. The minimum absolute atomic E-state index is 0.000231. The fourth-order valence-electron chi connectivity index (χ4n) is 2.36. The molecule has 0 aliphatic heterocycles. The largest absolute Gasteiger partial charge is 0.481 e. The molecule has 4 nitrogen and oxygen atoms in total. The fourth-order valence-corrected chi connectivity index (χ4v) is 3.14. The van der Waals surface area contributed by atoms with Gasteiger partial charge in [-0.15, -0.1) is 11.3 Å². The number of aliphatic carboxylic acids is 1. The van der Waals surface area contributed by atoms with Crippen LogP contribution < -0.4 is 0 Å². The first-order valence-corrected chi connectivity index (χ1v) is 6.25. The molecule has 1 aliphatic carbocycles. The van der Waals surface area contributed by atoms with Crippen LogP contribution in [-0.2, 0) is 10.4 Å². The van der Waals surface area contributed by atoms with E-state index in [1.54, 1.807) is 13.1 Å². The van der Waals surface area contributed by atoms with E-state index >= 15 is 0 Å². The zero-order chi connectivity index (χ0) is 11.8. The number of aromatic nitrogens is 1. The summed E-state index contributed by atoms with van der Waals surface area (Å²) in [4.78, 5) is 15.0. The van der Waals surface area contributed by atoms with Crippen molar-refractivity contribution < 1.29 is 15.0 Å². The summed E-state index contributed by atoms with van der Waals surface area (Å²) in [5.74, 6) is -1.06. The first-order valence-electron chi connectivity index (χ1n) is 5.37. The van der Waals surface area contributed by atoms with E-state index in [-0.39, 0.29) is 11.8 Å². The van der Waals surface area contributed by atoms with Gasteiger partial charge >= 0.3 is 5.97 Å². The SMILES string of the molecule is C[C@@](O)(c1nccs1)[C@@H]1CC[C@H](C(=O)O)C1. The summed E-state index contributed by atoms with van der Waals surface area (Å²) in [7, 11) is 0. The maximum absolute atomic E-state index is 10.9. The molecule has 88 valence electrons. The first kappa shape index (κ1) is 11.5. The Morgan fingerprint density at radius 2 is 2.38 bits per heavy atom. The molecular weight excluding hydrogens is 226 g/mol. The van der Waals surface area contributed by atoms with Crippen LogP contribution in [0.5, 0.6) is 0 Å². The minimum Gasteiger partial charge on any atom is -0.481 e. The lowest BCUT2D eigenvalue weighted by atomic mass is 9.87. The highest BCUT2D eigenvalue weighted by molar-refractivity contribution is 7.09. The van der Waals surface area contributed by atoms with Crippen LogP contribution in [0.2, 0.25) is 0 Å². The lowest BCUT2D eigenvalue weighted by Gasteiger charge is -2.27. The number of nitrogens with zero attached hydrogens (tertiary/aromatic N) is 1. The highest BCUT2D eigenvalue weighted by Gasteiger charge is 2.42. The van der Waals surface area contributed by atoms with Gasteiger partial charge in [0.15, 0.2) is 0 Å². The number of thiazole rings is 1. The Morgan fingerprint density at radius 3 is 2.88 bits per heavy atom. The van der Waals surface area contributed by atoms with Crippen molar-refractivity contribution in [1.82, 2.24) is 4.98 Å². The van der Waals surface area contributed by atoms with Gasteiger partial charge in [0.25, 0.3) is 0 Å². The van der Waals surface area contributed by atoms with Gasteiger partial charge in [0.2, 0.25) is 0 Å². The van der Waals surface area contributed by atoms with E-state index < -0.39 is 11.6 Å². The molecule has 1 saturated carbocycles.